The summed E-state index contributed by atoms with van der Waals surface area (Å²) in [7, 11) is 0. The number of nitrogens with zero attached hydrogens (tertiary/aromatic N) is 3. The summed E-state index contributed by atoms with van der Waals surface area (Å²) in [6, 6.07) is 2.62. The van der Waals surface area contributed by atoms with E-state index in [4.69, 9.17) is 5.73 Å². The summed E-state index contributed by atoms with van der Waals surface area (Å²) in [4.78, 5) is 11.1. The summed E-state index contributed by atoms with van der Waals surface area (Å²) in [5, 5.41) is 3.33. The highest BCUT2D eigenvalue weighted by atomic mass is 15.2. The van der Waals surface area contributed by atoms with E-state index in [-0.39, 0.29) is 0 Å². The Kier molecular flexibility index (Phi) is 4.36. The molecular formula is C13H23N5. The third-order valence-corrected chi connectivity index (χ3v) is 3.28. The number of aryl methyl sites for hydroxylation is 1. The quantitative estimate of drug-likeness (QED) is 0.767. The van der Waals surface area contributed by atoms with E-state index in [2.05, 4.69) is 27.1 Å². The lowest BCUT2D eigenvalue weighted by atomic mass is 10.4. The van der Waals surface area contributed by atoms with Crippen LogP contribution in [-0.4, -0.2) is 40.5 Å². The fraction of sp³-hybridized carbons (Fsp3) is 0.692. The van der Waals surface area contributed by atoms with Crippen LogP contribution in [0.4, 0.5) is 11.6 Å². The van der Waals surface area contributed by atoms with Gasteiger partial charge in [-0.25, -0.2) is 9.97 Å². The molecule has 2 rings (SSSR count). The molecule has 5 heteroatoms. The first-order valence-electron chi connectivity index (χ1n) is 6.84. The summed E-state index contributed by atoms with van der Waals surface area (Å²) < 4.78 is 0. The molecule has 1 aromatic rings. The number of rotatable bonds is 7. The van der Waals surface area contributed by atoms with E-state index >= 15 is 0 Å². The van der Waals surface area contributed by atoms with Crippen molar-refractivity contribution in [3.8, 4) is 0 Å². The van der Waals surface area contributed by atoms with Crippen LogP contribution in [0.1, 0.15) is 32.5 Å². The summed E-state index contributed by atoms with van der Waals surface area (Å²) in [6.07, 6.45) is 3.52. The molecule has 0 bridgehead atoms. The molecule has 0 saturated heterocycles. The van der Waals surface area contributed by atoms with Crippen molar-refractivity contribution >= 4 is 11.6 Å². The standard InChI is InChI=1S/C13H23N5/c1-3-12-16-11(14)9-13(17-12)15-7-8-18(4-2)10-5-6-10/h9-10H,3-8H2,1-2H3,(H3,14,15,16,17). The van der Waals surface area contributed by atoms with Gasteiger partial charge in [0.05, 0.1) is 0 Å². The molecular weight excluding hydrogens is 226 g/mol. The van der Waals surface area contributed by atoms with Gasteiger partial charge in [-0.3, -0.25) is 4.90 Å². The monoisotopic (exact) mass is 249 g/mol. The Hall–Kier alpha value is -1.36. The Morgan fingerprint density at radius 3 is 2.78 bits per heavy atom. The van der Waals surface area contributed by atoms with Gasteiger partial charge in [0.15, 0.2) is 0 Å². The molecule has 5 nitrogen and oxygen atoms in total. The van der Waals surface area contributed by atoms with Crippen molar-refractivity contribution in [3.05, 3.63) is 11.9 Å². The first-order chi connectivity index (χ1) is 8.72. The van der Waals surface area contributed by atoms with E-state index in [1.54, 1.807) is 6.07 Å². The van der Waals surface area contributed by atoms with E-state index in [1.807, 2.05) is 6.92 Å². The molecule has 0 aliphatic heterocycles. The van der Waals surface area contributed by atoms with Gasteiger partial charge in [-0.15, -0.1) is 0 Å². The number of nitrogens with two attached hydrogens (primary N) is 1. The van der Waals surface area contributed by atoms with Gasteiger partial charge >= 0.3 is 0 Å². The van der Waals surface area contributed by atoms with Crippen LogP contribution in [-0.2, 0) is 6.42 Å². The minimum atomic E-state index is 0.541. The molecule has 1 fully saturated rings. The van der Waals surface area contributed by atoms with Crippen molar-refractivity contribution in [2.45, 2.75) is 39.2 Å². The average molecular weight is 249 g/mol. The van der Waals surface area contributed by atoms with Gasteiger partial charge in [0.2, 0.25) is 0 Å². The van der Waals surface area contributed by atoms with Crippen LogP contribution < -0.4 is 11.1 Å². The third kappa shape index (κ3) is 3.57. The summed E-state index contributed by atoms with van der Waals surface area (Å²) in [6.45, 7) is 7.34. The minimum Gasteiger partial charge on any atom is -0.384 e. The van der Waals surface area contributed by atoms with Gasteiger partial charge < -0.3 is 11.1 Å². The van der Waals surface area contributed by atoms with E-state index in [0.29, 0.717) is 5.82 Å². The van der Waals surface area contributed by atoms with Crippen molar-refractivity contribution in [1.29, 1.82) is 0 Å². The molecule has 0 radical (unpaired) electrons. The molecule has 1 aliphatic rings. The van der Waals surface area contributed by atoms with Crippen LogP contribution in [0.5, 0.6) is 0 Å². The van der Waals surface area contributed by atoms with E-state index in [0.717, 1.165) is 43.7 Å². The lowest BCUT2D eigenvalue weighted by molar-refractivity contribution is 0.289. The lowest BCUT2D eigenvalue weighted by Crippen LogP contribution is -2.31. The maximum absolute atomic E-state index is 5.75. The molecule has 1 aromatic heterocycles. The van der Waals surface area contributed by atoms with Crippen LogP contribution in [0.25, 0.3) is 0 Å². The second-order valence-corrected chi connectivity index (χ2v) is 4.73. The number of hydrogen-bond acceptors (Lipinski definition) is 5. The maximum atomic E-state index is 5.75. The van der Waals surface area contributed by atoms with Crippen LogP contribution in [0.2, 0.25) is 0 Å². The predicted octanol–water partition coefficient (Wildman–Crippen LogP) is 1.52. The number of anilines is 2. The minimum absolute atomic E-state index is 0.541. The molecule has 0 amide bonds. The normalized spacial score (nSPS) is 15.1. The topological polar surface area (TPSA) is 67.1 Å². The highest BCUT2D eigenvalue weighted by Gasteiger charge is 2.27. The fourth-order valence-corrected chi connectivity index (χ4v) is 2.13. The largest absolute Gasteiger partial charge is 0.384 e. The number of hydrogen-bond donors (Lipinski definition) is 2. The molecule has 0 spiro atoms. The zero-order valence-corrected chi connectivity index (χ0v) is 11.3. The second-order valence-electron chi connectivity index (χ2n) is 4.73. The van der Waals surface area contributed by atoms with E-state index in [1.165, 1.54) is 12.8 Å². The number of likely N-dealkylation sites (N-methyl/N-ethyl adjacent to an activating group) is 1. The Morgan fingerprint density at radius 1 is 1.39 bits per heavy atom. The van der Waals surface area contributed by atoms with Gasteiger partial charge in [-0.05, 0) is 19.4 Å². The molecule has 1 heterocycles. The average Bonchev–Trinajstić information content (AvgIpc) is 3.18. The number of aromatic nitrogens is 2. The Morgan fingerprint density at radius 2 is 2.17 bits per heavy atom. The smallest absolute Gasteiger partial charge is 0.132 e. The fourth-order valence-electron chi connectivity index (χ4n) is 2.13. The molecule has 3 N–H and O–H groups in total. The van der Waals surface area contributed by atoms with Crippen LogP contribution in [0.3, 0.4) is 0 Å². The van der Waals surface area contributed by atoms with Gasteiger partial charge in [0.25, 0.3) is 0 Å². The van der Waals surface area contributed by atoms with Gasteiger partial charge in [-0.1, -0.05) is 13.8 Å². The van der Waals surface area contributed by atoms with E-state index < -0.39 is 0 Å². The Balaban J connectivity index is 1.83. The molecule has 18 heavy (non-hydrogen) atoms. The number of nitrogens with one attached hydrogen (secondary N) is 1. The highest BCUT2D eigenvalue weighted by molar-refractivity contribution is 5.44. The van der Waals surface area contributed by atoms with E-state index in [9.17, 15) is 0 Å². The van der Waals surface area contributed by atoms with Crippen LogP contribution >= 0.6 is 0 Å². The molecule has 1 saturated carbocycles. The van der Waals surface area contributed by atoms with Crippen molar-refractivity contribution in [1.82, 2.24) is 14.9 Å². The van der Waals surface area contributed by atoms with Crippen molar-refractivity contribution in [3.63, 3.8) is 0 Å². The van der Waals surface area contributed by atoms with Gasteiger partial charge in [0, 0.05) is 31.6 Å². The summed E-state index contributed by atoms with van der Waals surface area (Å²) >= 11 is 0. The van der Waals surface area contributed by atoms with Crippen LogP contribution in [0.15, 0.2) is 6.07 Å². The second kappa shape index (κ2) is 6.00. The third-order valence-electron chi connectivity index (χ3n) is 3.28. The molecule has 100 valence electrons. The highest BCUT2D eigenvalue weighted by Crippen LogP contribution is 2.25. The van der Waals surface area contributed by atoms with Gasteiger partial charge in [0.1, 0.15) is 17.5 Å². The Bertz CT molecular complexity index is 389. The molecule has 0 atom stereocenters. The van der Waals surface area contributed by atoms with Crippen molar-refractivity contribution < 1.29 is 0 Å². The first kappa shape index (κ1) is 13.1. The van der Waals surface area contributed by atoms with Crippen molar-refractivity contribution in [2.24, 2.45) is 0 Å². The SMILES string of the molecule is CCc1nc(N)cc(NCCN(CC)C2CC2)n1. The van der Waals surface area contributed by atoms with Crippen LogP contribution in [0, 0.1) is 0 Å². The Labute approximate surface area is 109 Å². The molecule has 0 unspecified atom stereocenters. The molecule has 0 aromatic carbocycles. The predicted molar refractivity (Wildman–Crippen MR) is 74.6 cm³/mol. The van der Waals surface area contributed by atoms with Gasteiger partial charge in [-0.2, -0.15) is 0 Å². The number of nitrogen functional groups attached to an aromatic ring is 1. The zero-order valence-electron chi connectivity index (χ0n) is 11.3. The maximum Gasteiger partial charge on any atom is 0.132 e. The summed E-state index contributed by atoms with van der Waals surface area (Å²) in [5.41, 5.74) is 5.75. The molecule has 1 aliphatic carbocycles. The zero-order chi connectivity index (χ0) is 13.0. The lowest BCUT2D eigenvalue weighted by Gasteiger charge is -2.20. The first-order valence-corrected chi connectivity index (χ1v) is 6.84. The summed E-state index contributed by atoms with van der Waals surface area (Å²) in [5.74, 6) is 2.18. The van der Waals surface area contributed by atoms with Crippen molar-refractivity contribution in [2.75, 3.05) is 30.7 Å².